The third-order valence-corrected chi connectivity index (χ3v) is 6.66. The van der Waals surface area contributed by atoms with Gasteiger partial charge in [0.1, 0.15) is 17.6 Å². The molecular formula is C24H31NO6S. The minimum Gasteiger partial charge on any atom is -0.478 e. The van der Waals surface area contributed by atoms with Crippen molar-refractivity contribution in [3.8, 4) is 0 Å². The second-order valence-electron chi connectivity index (χ2n) is 7.58. The van der Waals surface area contributed by atoms with Crippen LogP contribution in [0.3, 0.4) is 0 Å². The second kappa shape index (κ2) is 11.8. The van der Waals surface area contributed by atoms with Gasteiger partial charge < -0.3 is 29.8 Å². The first-order chi connectivity index (χ1) is 15.5. The Hall–Kier alpha value is -1.94. The third-order valence-electron chi connectivity index (χ3n) is 5.42. The molecule has 5 atom stereocenters. The van der Waals surface area contributed by atoms with Crippen LogP contribution in [0.1, 0.15) is 41.6 Å². The van der Waals surface area contributed by atoms with E-state index in [4.69, 9.17) is 24.7 Å². The highest BCUT2D eigenvalue weighted by Gasteiger charge is 2.35. The van der Waals surface area contributed by atoms with Gasteiger partial charge in [-0.15, -0.1) is 0 Å². The summed E-state index contributed by atoms with van der Waals surface area (Å²) in [5, 5.41) is 9.65. The molecule has 0 amide bonds. The van der Waals surface area contributed by atoms with Gasteiger partial charge in [-0.25, -0.2) is 4.79 Å². The molecule has 1 aliphatic heterocycles. The van der Waals surface area contributed by atoms with E-state index in [1.165, 1.54) is 11.8 Å². The third kappa shape index (κ3) is 6.10. The van der Waals surface area contributed by atoms with Crippen molar-refractivity contribution < 1.29 is 28.8 Å². The summed E-state index contributed by atoms with van der Waals surface area (Å²) in [5.41, 5.74) is 7.61. The quantitative estimate of drug-likeness (QED) is 0.406. The first kappa shape index (κ1) is 24.7. The van der Waals surface area contributed by atoms with Gasteiger partial charge in [0.15, 0.2) is 6.29 Å². The number of nitrogens with two attached hydrogens (primary N) is 1. The number of benzene rings is 2. The Morgan fingerprint density at radius 3 is 2.62 bits per heavy atom. The minimum atomic E-state index is -0.987. The van der Waals surface area contributed by atoms with Crippen molar-refractivity contribution in [2.24, 2.45) is 5.73 Å². The van der Waals surface area contributed by atoms with Crippen molar-refractivity contribution in [1.29, 1.82) is 0 Å². The van der Waals surface area contributed by atoms with Gasteiger partial charge in [0.25, 0.3) is 0 Å². The van der Waals surface area contributed by atoms with E-state index < -0.39 is 23.8 Å². The molecule has 0 aromatic heterocycles. The predicted octanol–water partition coefficient (Wildman–Crippen LogP) is 3.86. The van der Waals surface area contributed by atoms with E-state index in [0.717, 1.165) is 17.5 Å². The average Bonchev–Trinajstić information content (AvgIpc) is 2.81. The maximum atomic E-state index is 11.8. The van der Waals surface area contributed by atoms with Gasteiger partial charge in [-0.3, -0.25) is 0 Å². The lowest BCUT2D eigenvalue weighted by molar-refractivity contribution is -0.266. The molecule has 32 heavy (non-hydrogen) atoms. The summed E-state index contributed by atoms with van der Waals surface area (Å²) in [5.74, 6) is -0.987. The van der Waals surface area contributed by atoms with Crippen LogP contribution in [0, 0.1) is 0 Å². The topological polar surface area (TPSA) is 100 Å². The van der Waals surface area contributed by atoms with Crippen LogP contribution in [-0.2, 0) is 25.4 Å². The van der Waals surface area contributed by atoms with Gasteiger partial charge in [-0.1, -0.05) is 55.1 Å². The second-order valence-corrected chi connectivity index (χ2v) is 8.72. The van der Waals surface area contributed by atoms with E-state index in [1.54, 1.807) is 13.2 Å². The molecule has 3 N–H and O–H groups in total. The fraction of sp³-hybridized carbons (Fsp3) is 0.458. The number of carbonyl (C=O) groups is 1. The smallest absolute Gasteiger partial charge is 0.336 e. The number of rotatable bonds is 10. The summed E-state index contributed by atoms with van der Waals surface area (Å²) in [6, 6.07) is 15.1. The van der Waals surface area contributed by atoms with Gasteiger partial charge in [0, 0.05) is 24.1 Å². The zero-order valence-electron chi connectivity index (χ0n) is 18.6. The van der Waals surface area contributed by atoms with Crippen LogP contribution in [0.2, 0.25) is 0 Å². The van der Waals surface area contributed by atoms with E-state index >= 15 is 0 Å². The van der Waals surface area contributed by atoms with Gasteiger partial charge in [0.2, 0.25) is 0 Å². The molecule has 0 saturated carbocycles. The Morgan fingerprint density at radius 2 is 2.03 bits per heavy atom. The van der Waals surface area contributed by atoms with E-state index in [-0.39, 0.29) is 24.3 Å². The van der Waals surface area contributed by atoms with Gasteiger partial charge in [0.05, 0.1) is 18.3 Å². The van der Waals surface area contributed by atoms with Crippen LogP contribution in [0.4, 0.5) is 0 Å². The molecule has 8 heteroatoms. The van der Waals surface area contributed by atoms with Gasteiger partial charge in [-0.05, 0) is 31.0 Å². The SMILES string of the molecule is CCc1ccc(C(=O)O)c(SC(OC2COC(c3ccccc3)OC2C)[C@H](CN)OC)c1. The van der Waals surface area contributed by atoms with Crippen molar-refractivity contribution in [2.45, 2.75) is 55.2 Å². The van der Waals surface area contributed by atoms with Crippen LogP contribution in [0.15, 0.2) is 53.4 Å². The van der Waals surface area contributed by atoms with Crippen LogP contribution < -0.4 is 5.73 Å². The van der Waals surface area contributed by atoms with Crippen molar-refractivity contribution >= 4 is 17.7 Å². The molecule has 1 saturated heterocycles. The number of thioether (sulfide) groups is 1. The maximum Gasteiger partial charge on any atom is 0.336 e. The lowest BCUT2D eigenvalue weighted by atomic mass is 10.1. The first-order valence-electron chi connectivity index (χ1n) is 10.7. The normalized spacial score (nSPS) is 22.9. The van der Waals surface area contributed by atoms with E-state index in [9.17, 15) is 9.90 Å². The molecule has 7 nitrogen and oxygen atoms in total. The highest BCUT2D eigenvalue weighted by atomic mass is 32.2. The number of aryl methyl sites for hydroxylation is 1. The van der Waals surface area contributed by atoms with Gasteiger partial charge >= 0.3 is 5.97 Å². The molecule has 0 spiro atoms. The van der Waals surface area contributed by atoms with E-state index in [1.807, 2.05) is 56.3 Å². The number of carboxylic acid groups (broad SMARTS) is 1. The van der Waals surface area contributed by atoms with E-state index in [0.29, 0.717) is 11.5 Å². The number of aromatic carboxylic acids is 1. The molecule has 3 rings (SSSR count). The fourth-order valence-electron chi connectivity index (χ4n) is 3.44. The summed E-state index contributed by atoms with van der Waals surface area (Å²) in [6.45, 7) is 4.52. The molecule has 4 unspecified atom stereocenters. The highest BCUT2D eigenvalue weighted by Crippen LogP contribution is 2.35. The Kier molecular flexibility index (Phi) is 9.10. The number of hydrogen-bond acceptors (Lipinski definition) is 7. The molecule has 2 aromatic rings. The van der Waals surface area contributed by atoms with Crippen molar-refractivity contribution in [3.05, 3.63) is 65.2 Å². The summed E-state index contributed by atoms with van der Waals surface area (Å²) < 4.78 is 23.9. The summed E-state index contributed by atoms with van der Waals surface area (Å²) in [6.07, 6.45) is -0.700. The summed E-state index contributed by atoms with van der Waals surface area (Å²) in [7, 11) is 1.57. The molecule has 1 fully saturated rings. The Balaban J connectivity index is 1.77. The van der Waals surface area contributed by atoms with Crippen molar-refractivity contribution in [3.63, 3.8) is 0 Å². The molecule has 2 aromatic carbocycles. The molecule has 0 aliphatic carbocycles. The minimum absolute atomic E-state index is 0.222. The van der Waals surface area contributed by atoms with Crippen LogP contribution in [0.5, 0.6) is 0 Å². The molecule has 0 bridgehead atoms. The van der Waals surface area contributed by atoms with Crippen LogP contribution in [0.25, 0.3) is 0 Å². The molecule has 0 radical (unpaired) electrons. The Morgan fingerprint density at radius 1 is 1.28 bits per heavy atom. The molecule has 174 valence electrons. The highest BCUT2D eigenvalue weighted by molar-refractivity contribution is 8.00. The number of hydrogen-bond donors (Lipinski definition) is 2. The summed E-state index contributed by atoms with van der Waals surface area (Å²) >= 11 is 1.30. The zero-order chi connectivity index (χ0) is 23.1. The lowest BCUT2D eigenvalue weighted by Gasteiger charge is -2.37. The van der Waals surface area contributed by atoms with Crippen LogP contribution in [-0.4, -0.2) is 55.1 Å². The largest absolute Gasteiger partial charge is 0.478 e. The van der Waals surface area contributed by atoms with E-state index in [2.05, 4.69) is 0 Å². The van der Waals surface area contributed by atoms with Crippen molar-refractivity contribution in [2.75, 3.05) is 20.3 Å². The monoisotopic (exact) mass is 461 g/mol. The number of ether oxygens (including phenoxy) is 4. The number of carboxylic acids is 1. The standard InChI is InChI=1S/C24H31NO6S/c1-4-16-10-11-18(22(26)27)21(12-16)32-24(19(13-25)28-3)31-20-14-29-23(30-15(20)2)17-8-6-5-7-9-17/h5-12,15,19-20,23-24H,4,13-14,25H2,1-3H3,(H,26,27)/t15?,19-,20?,23?,24?/m0/s1. The van der Waals surface area contributed by atoms with Crippen molar-refractivity contribution in [1.82, 2.24) is 0 Å². The average molecular weight is 462 g/mol. The lowest BCUT2D eigenvalue weighted by Crippen LogP contribution is -2.45. The molecule has 1 heterocycles. The Labute approximate surface area is 193 Å². The zero-order valence-corrected chi connectivity index (χ0v) is 19.4. The molecule has 1 aliphatic rings. The fourth-order valence-corrected chi connectivity index (χ4v) is 4.77. The summed E-state index contributed by atoms with van der Waals surface area (Å²) in [4.78, 5) is 12.4. The Bertz CT molecular complexity index is 876. The first-order valence-corrected chi connectivity index (χ1v) is 11.6. The number of methoxy groups -OCH3 is 1. The predicted molar refractivity (Wildman–Crippen MR) is 123 cm³/mol. The van der Waals surface area contributed by atoms with Crippen LogP contribution >= 0.6 is 11.8 Å². The van der Waals surface area contributed by atoms with Gasteiger partial charge in [-0.2, -0.15) is 0 Å². The molecular weight excluding hydrogens is 430 g/mol. The maximum absolute atomic E-state index is 11.8.